The van der Waals surface area contributed by atoms with Gasteiger partial charge in [-0.05, 0) is 55.6 Å². The number of hydrogen-bond acceptors (Lipinski definition) is 6. The topological polar surface area (TPSA) is 119 Å². The highest BCUT2D eigenvalue weighted by Crippen LogP contribution is 2.29. The summed E-state index contributed by atoms with van der Waals surface area (Å²) in [6.07, 6.45) is 0.932. The van der Waals surface area contributed by atoms with E-state index in [0.29, 0.717) is 11.3 Å². The van der Waals surface area contributed by atoms with Crippen LogP contribution in [0.25, 0.3) is 0 Å². The normalized spacial score (nSPS) is 16.6. The molecule has 8 nitrogen and oxygen atoms in total. The van der Waals surface area contributed by atoms with E-state index in [1.807, 2.05) is 30.5 Å². The molecular formula is C22H23N3O5S. The molecule has 1 aliphatic heterocycles. The van der Waals surface area contributed by atoms with E-state index in [2.05, 4.69) is 5.32 Å². The number of thioether (sulfide) groups is 1. The highest BCUT2D eigenvalue weighted by atomic mass is 32.2. The second kappa shape index (κ2) is 9.65. The summed E-state index contributed by atoms with van der Waals surface area (Å²) in [4.78, 5) is 51.0. The molecule has 1 aliphatic rings. The summed E-state index contributed by atoms with van der Waals surface area (Å²) in [5, 5.41) is 2.61. The molecule has 31 heavy (non-hydrogen) atoms. The molecule has 2 aromatic carbocycles. The Hall–Kier alpha value is -3.33. The number of esters is 1. The van der Waals surface area contributed by atoms with Crippen molar-refractivity contribution in [2.24, 2.45) is 11.7 Å². The third kappa shape index (κ3) is 5.43. The molecule has 3 rings (SSSR count). The van der Waals surface area contributed by atoms with Gasteiger partial charge in [-0.25, -0.2) is 0 Å². The monoisotopic (exact) mass is 441 g/mol. The molecular weight excluding hydrogens is 418 g/mol. The van der Waals surface area contributed by atoms with Gasteiger partial charge in [-0.15, -0.1) is 11.8 Å². The van der Waals surface area contributed by atoms with E-state index in [-0.39, 0.29) is 18.9 Å². The Morgan fingerprint density at radius 1 is 1.19 bits per heavy atom. The molecule has 0 spiro atoms. The van der Waals surface area contributed by atoms with Crippen LogP contribution >= 0.6 is 11.8 Å². The van der Waals surface area contributed by atoms with Gasteiger partial charge in [-0.1, -0.05) is 6.07 Å². The van der Waals surface area contributed by atoms with E-state index in [1.165, 1.54) is 31.2 Å². The van der Waals surface area contributed by atoms with Gasteiger partial charge < -0.3 is 20.7 Å². The molecule has 0 aromatic heterocycles. The number of carbonyl (C=O) groups excluding carboxylic acids is 4. The van der Waals surface area contributed by atoms with Crippen LogP contribution in [0.4, 0.5) is 11.4 Å². The minimum Gasteiger partial charge on any atom is -0.452 e. The Labute approximate surface area is 184 Å². The van der Waals surface area contributed by atoms with E-state index in [4.69, 9.17) is 10.5 Å². The maximum atomic E-state index is 12.5. The van der Waals surface area contributed by atoms with Gasteiger partial charge >= 0.3 is 5.97 Å². The number of benzene rings is 2. The highest BCUT2D eigenvalue weighted by Gasteiger charge is 2.37. The molecule has 162 valence electrons. The van der Waals surface area contributed by atoms with Crippen LogP contribution in [0.2, 0.25) is 0 Å². The van der Waals surface area contributed by atoms with Crippen molar-refractivity contribution in [1.29, 1.82) is 0 Å². The van der Waals surface area contributed by atoms with Gasteiger partial charge in [-0.2, -0.15) is 0 Å². The van der Waals surface area contributed by atoms with Crippen LogP contribution < -0.4 is 16.0 Å². The van der Waals surface area contributed by atoms with Crippen molar-refractivity contribution in [3.8, 4) is 0 Å². The van der Waals surface area contributed by atoms with Crippen molar-refractivity contribution in [2.75, 3.05) is 23.0 Å². The van der Waals surface area contributed by atoms with Gasteiger partial charge in [0.2, 0.25) is 11.8 Å². The van der Waals surface area contributed by atoms with Crippen molar-refractivity contribution < 1.29 is 23.9 Å². The Morgan fingerprint density at radius 3 is 2.55 bits per heavy atom. The predicted molar refractivity (Wildman–Crippen MR) is 118 cm³/mol. The van der Waals surface area contributed by atoms with Gasteiger partial charge in [0.05, 0.1) is 5.92 Å². The number of nitrogens with one attached hydrogen (secondary N) is 1. The lowest BCUT2D eigenvalue weighted by Crippen LogP contribution is -2.33. The van der Waals surface area contributed by atoms with Crippen LogP contribution in [0.3, 0.4) is 0 Å². The van der Waals surface area contributed by atoms with Crippen LogP contribution in [-0.4, -0.2) is 42.6 Å². The maximum Gasteiger partial charge on any atom is 0.312 e. The smallest absolute Gasteiger partial charge is 0.312 e. The molecule has 1 fully saturated rings. The summed E-state index contributed by atoms with van der Waals surface area (Å²) in [7, 11) is 0. The number of ether oxygens (including phenoxy) is 1. The van der Waals surface area contributed by atoms with Gasteiger partial charge in [0.25, 0.3) is 5.91 Å². The van der Waals surface area contributed by atoms with Gasteiger partial charge in [0, 0.05) is 34.8 Å². The zero-order chi connectivity index (χ0) is 22.5. The van der Waals surface area contributed by atoms with Crippen molar-refractivity contribution in [2.45, 2.75) is 24.3 Å². The summed E-state index contributed by atoms with van der Waals surface area (Å²) >= 11 is 1.57. The minimum atomic E-state index is -1.05. The first-order chi connectivity index (χ1) is 14.8. The average Bonchev–Trinajstić information content (AvgIpc) is 3.16. The number of hydrogen-bond donors (Lipinski definition) is 2. The Kier molecular flexibility index (Phi) is 6.96. The molecule has 1 saturated heterocycles. The second-order valence-electron chi connectivity index (χ2n) is 7.12. The Balaban J connectivity index is 1.57. The Bertz CT molecular complexity index is 1010. The number of nitrogens with two attached hydrogens (primary N) is 1. The van der Waals surface area contributed by atoms with Crippen LogP contribution in [0.5, 0.6) is 0 Å². The van der Waals surface area contributed by atoms with Crippen molar-refractivity contribution in [1.82, 2.24) is 0 Å². The lowest BCUT2D eigenvalue weighted by molar-refractivity contribution is -0.157. The molecule has 0 bridgehead atoms. The van der Waals surface area contributed by atoms with E-state index >= 15 is 0 Å². The SMILES string of the molecule is CSc1cccc(N2C[C@H](C(=O)O[C@H](C)C(=O)Nc3ccc(C(N)=O)cc3)CC2=O)c1. The summed E-state index contributed by atoms with van der Waals surface area (Å²) in [5.74, 6) is -2.49. The fourth-order valence-electron chi connectivity index (χ4n) is 3.18. The first-order valence-electron chi connectivity index (χ1n) is 9.64. The number of carbonyl (C=O) groups is 4. The van der Waals surface area contributed by atoms with Crippen molar-refractivity contribution >= 4 is 46.8 Å². The molecule has 3 amide bonds. The van der Waals surface area contributed by atoms with E-state index in [1.54, 1.807) is 16.7 Å². The van der Waals surface area contributed by atoms with E-state index in [0.717, 1.165) is 10.6 Å². The molecule has 3 N–H and O–H groups in total. The standard InChI is InChI=1S/C22H23N3O5S/c1-13(21(28)24-16-8-6-14(7-9-16)20(23)27)30-22(29)15-10-19(26)25(12-15)17-4-3-5-18(11-17)31-2/h3-9,11,13,15H,10,12H2,1-2H3,(H2,23,27)(H,24,28)/t13-,15-/m1/s1. The third-order valence-corrected chi connectivity index (χ3v) is 5.65. The quantitative estimate of drug-likeness (QED) is 0.503. The van der Waals surface area contributed by atoms with Crippen LogP contribution in [-0.2, 0) is 19.1 Å². The number of nitrogens with zero attached hydrogens (tertiary/aromatic N) is 1. The number of primary amides is 1. The minimum absolute atomic E-state index is 0.0330. The predicted octanol–water partition coefficient (Wildman–Crippen LogP) is 2.43. The van der Waals surface area contributed by atoms with Crippen LogP contribution in [0.15, 0.2) is 53.4 Å². The van der Waals surface area contributed by atoms with Gasteiger partial charge in [0.15, 0.2) is 6.10 Å². The molecule has 9 heteroatoms. The summed E-state index contributed by atoms with van der Waals surface area (Å²) in [6, 6.07) is 13.6. The molecule has 0 unspecified atom stereocenters. The first kappa shape index (κ1) is 22.4. The zero-order valence-electron chi connectivity index (χ0n) is 17.2. The summed E-state index contributed by atoms with van der Waals surface area (Å²) in [6.45, 7) is 1.67. The van der Waals surface area contributed by atoms with Crippen molar-refractivity contribution in [3.05, 3.63) is 54.1 Å². The van der Waals surface area contributed by atoms with Crippen molar-refractivity contribution in [3.63, 3.8) is 0 Å². The maximum absolute atomic E-state index is 12.5. The molecule has 0 radical (unpaired) electrons. The van der Waals surface area contributed by atoms with Crippen LogP contribution in [0, 0.1) is 5.92 Å². The number of rotatable bonds is 7. The zero-order valence-corrected chi connectivity index (χ0v) is 18.0. The molecule has 2 aromatic rings. The fourth-order valence-corrected chi connectivity index (χ4v) is 3.63. The molecule has 0 aliphatic carbocycles. The molecule has 1 heterocycles. The van der Waals surface area contributed by atoms with Crippen LogP contribution in [0.1, 0.15) is 23.7 Å². The first-order valence-corrected chi connectivity index (χ1v) is 10.9. The summed E-state index contributed by atoms with van der Waals surface area (Å²) in [5.41, 5.74) is 6.67. The third-order valence-electron chi connectivity index (χ3n) is 4.92. The highest BCUT2D eigenvalue weighted by molar-refractivity contribution is 7.98. The van der Waals surface area contributed by atoms with E-state index < -0.39 is 29.8 Å². The number of amides is 3. The lowest BCUT2D eigenvalue weighted by Gasteiger charge is -2.18. The van der Waals surface area contributed by atoms with Gasteiger partial charge in [-0.3, -0.25) is 19.2 Å². The fraction of sp³-hybridized carbons (Fsp3) is 0.273. The molecule has 0 saturated carbocycles. The second-order valence-corrected chi connectivity index (χ2v) is 8.00. The summed E-state index contributed by atoms with van der Waals surface area (Å²) < 4.78 is 5.30. The van der Waals surface area contributed by atoms with Gasteiger partial charge in [0.1, 0.15) is 0 Å². The number of anilines is 2. The molecule has 2 atom stereocenters. The Morgan fingerprint density at radius 2 is 1.90 bits per heavy atom. The average molecular weight is 442 g/mol. The lowest BCUT2D eigenvalue weighted by atomic mass is 10.1. The van der Waals surface area contributed by atoms with E-state index in [9.17, 15) is 19.2 Å². The largest absolute Gasteiger partial charge is 0.452 e.